The van der Waals surface area contributed by atoms with Crippen molar-refractivity contribution in [1.82, 2.24) is 0 Å². The third-order valence-electron chi connectivity index (χ3n) is 7.89. The first-order valence-electron chi connectivity index (χ1n) is 9.30. The quantitative estimate of drug-likeness (QED) is 0.668. The molecule has 2 fully saturated rings. The predicted molar refractivity (Wildman–Crippen MR) is 90.8 cm³/mol. The van der Waals surface area contributed by atoms with Crippen LogP contribution >= 0.6 is 0 Å². The molecule has 0 saturated heterocycles. The second kappa shape index (κ2) is 4.91. The van der Waals surface area contributed by atoms with Crippen molar-refractivity contribution in [2.45, 2.75) is 59.3 Å². The van der Waals surface area contributed by atoms with Gasteiger partial charge in [0.1, 0.15) is 5.78 Å². The lowest BCUT2D eigenvalue weighted by Gasteiger charge is -2.55. The van der Waals surface area contributed by atoms with E-state index in [0.717, 1.165) is 19.3 Å². The van der Waals surface area contributed by atoms with Crippen LogP contribution < -0.4 is 0 Å². The summed E-state index contributed by atoms with van der Waals surface area (Å²) < 4.78 is 0. The highest BCUT2D eigenvalue weighted by molar-refractivity contribution is 5.91. The Hall–Kier alpha value is -1.18. The van der Waals surface area contributed by atoms with Crippen molar-refractivity contribution in [1.29, 1.82) is 0 Å². The minimum absolute atomic E-state index is 0.0645. The van der Waals surface area contributed by atoms with Crippen molar-refractivity contribution in [3.05, 3.63) is 23.8 Å². The summed E-state index contributed by atoms with van der Waals surface area (Å²) >= 11 is 0. The summed E-state index contributed by atoms with van der Waals surface area (Å²) in [6, 6.07) is 0. The Labute approximate surface area is 139 Å². The summed E-state index contributed by atoms with van der Waals surface area (Å²) in [5, 5.41) is 0. The monoisotopic (exact) mass is 312 g/mol. The van der Waals surface area contributed by atoms with E-state index in [1.165, 1.54) is 18.4 Å². The number of carbonyl (C=O) groups is 2. The van der Waals surface area contributed by atoms with E-state index in [4.69, 9.17) is 0 Å². The normalized spacial score (nSPS) is 48.3. The van der Waals surface area contributed by atoms with Crippen molar-refractivity contribution >= 4 is 11.6 Å². The largest absolute Gasteiger partial charge is 0.300 e. The number of Topliss-reactive ketones (excluding diaryl/α,β-unsaturated/α-hetero) is 1. The molecular weight excluding hydrogens is 284 g/mol. The number of allylic oxidation sites excluding steroid dienone is 4. The number of hydrogen-bond donors (Lipinski definition) is 0. The molecule has 4 aliphatic rings. The molecule has 23 heavy (non-hydrogen) atoms. The fourth-order valence-electron chi connectivity index (χ4n) is 6.59. The van der Waals surface area contributed by atoms with Gasteiger partial charge in [-0.2, -0.15) is 0 Å². The van der Waals surface area contributed by atoms with Gasteiger partial charge in [0.2, 0.25) is 0 Å². The first-order chi connectivity index (χ1) is 10.9. The lowest BCUT2D eigenvalue weighted by molar-refractivity contribution is -0.124. The van der Waals surface area contributed by atoms with Gasteiger partial charge in [0.15, 0.2) is 5.78 Å². The van der Waals surface area contributed by atoms with Crippen molar-refractivity contribution in [3.63, 3.8) is 0 Å². The molecule has 2 nitrogen and oxygen atoms in total. The average Bonchev–Trinajstić information content (AvgIpc) is 2.85. The van der Waals surface area contributed by atoms with Gasteiger partial charge in [-0.05, 0) is 73.7 Å². The number of carbonyl (C=O) groups excluding carboxylic acids is 2. The molecule has 2 heteroatoms. The third-order valence-corrected chi connectivity index (χ3v) is 7.89. The van der Waals surface area contributed by atoms with E-state index < -0.39 is 0 Å². The molecule has 0 heterocycles. The Morgan fingerprint density at radius 1 is 1.17 bits per heavy atom. The molecule has 0 spiro atoms. The predicted octanol–water partition coefficient (Wildman–Crippen LogP) is 4.50. The molecule has 0 unspecified atom stereocenters. The summed E-state index contributed by atoms with van der Waals surface area (Å²) in [5.41, 5.74) is 1.63. The van der Waals surface area contributed by atoms with Gasteiger partial charge in [-0.15, -0.1) is 0 Å². The maximum Gasteiger partial charge on any atom is 0.155 e. The van der Waals surface area contributed by atoms with Gasteiger partial charge in [0.05, 0.1) is 0 Å². The zero-order valence-corrected chi connectivity index (χ0v) is 14.6. The molecule has 124 valence electrons. The van der Waals surface area contributed by atoms with E-state index >= 15 is 0 Å². The van der Waals surface area contributed by atoms with Crippen LogP contribution in [0.1, 0.15) is 59.3 Å². The Morgan fingerprint density at radius 2 is 1.96 bits per heavy atom. The summed E-state index contributed by atoms with van der Waals surface area (Å²) in [7, 11) is 0. The van der Waals surface area contributed by atoms with Gasteiger partial charge in [0.25, 0.3) is 0 Å². The summed E-state index contributed by atoms with van der Waals surface area (Å²) in [4.78, 5) is 24.0. The lowest BCUT2D eigenvalue weighted by atomic mass is 9.49. The van der Waals surface area contributed by atoms with Crippen LogP contribution in [0.4, 0.5) is 0 Å². The summed E-state index contributed by atoms with van der Waals surface area (Å²) in [6.07, 6.45) is 13.0. The van der Waals surface area contributed by atoms with Gasteiger partial charge in [0, 0.05) is 12.3 Å². The SMILES string of the molecule is CC(=O)[C@H]1CC[C@H]2[C@@H]3CCC4=CC(=O)CC[C@]4(C)[C@H]3C=C[C@]12C. The van der Waals surface area contributed by atoms with Crippen LogP contribution in [0.5, 0.6) is 0 Å². The van der Waals surface area contributed by atoms with Crippen LogP contribution in [0, 0.1) is 34.5 Å². The molecule has 4 rings (SSSR count). The molecule has 0 aromatic rings. The smallest absolute Gasteiger partial charge is 0.155 e. The van der Waals surface area contributed by atoms with Gasteiger partial charge in [-0.1, -0.05) is 31.6 Å². The molecule has 2 saturated carbocycles. The fourth-order valence-corrected chi connectivity index (χ4v) is 6.59. The topological polar surface area (TPSA) is 34.1 Å². The Morgan fingerprint density at radius 3 is 2.70 bits per heavy atom. The molecule has 6 atom stereocenters. The van der Waals surface area contributed by atoms with Crippen molar-refractivity contribution in [2.75, 3.05) is 0 Å². The van der Waals surface area contributed by atoms with Gasteiger partial charge >= 0.3 is 0 Å². The standard InChI is InChI=1S/C21H28O2/c1-13(22)17-6-7-18-16-5-4-14-12-15(23)8-10-20(14,2)19(16)9-11-21(17,18)3/h9,11-12,16-19H,4-8,10H2,1-3H3/t16-,17+,18-,19-,20-,21+/m0/s1. The molecule has 0 bridgehead atoms. The maximum atomic E-state index is 12.1. The molecule has 0 N–H and O–H groups in total. The number of rotatable bonds is 1. The third kappa shape index (κ3) is 1.99. The fraction of sp³-hybridized carbons (Fsp3) is 0.714. The highest BCUT2D eigenvalue weighted by atomic mass is 16.1. The summed E-state index contributed by atoms with van der Waals surface area (Å²) in [5.74, 6) is 2.77. The Balaban J connectivity index is 1.74. The molecule has 0 aromatic carbocycles. The first-order valence-corrected chi connectivity index (χ1v) is 9.30. The van der Waals surface area contributed by atoms with E-state index in [1.54, 1.807) is 6.92 Å². The molecule has 0 aromatic heterocycles. The molecule has 0 amide bonds. The van der Waals surface area contributed by atoms with E-state index in [9.17, 15) is 9.59 Å². The van der Waals surface area contributed by atoms with Crippen molar-refractivity contribution < 1.29 is 9.59 Å². The van der Waals surface area contributed by atoms with Crippen LogP contribution in [0.3, 0.4) is 0 Å². The highest BCUT2D eigenvalue weighted by Crippen LogP contribution is 2.64. The van der Waals surface area contributed by atoms with Gasteiger partial charge < -0.3 is 0 Å². The zero-order chi connectivity index (χ0) is 16.4. The van der Waals surface area contributed by atoms with E-state index in [0.29, 0.717) is 35.7 Å². The van der Waals surface area contributed by atoms with Gasteiger partial charge in [-0.3, -0.25) is 9.59 Å². The minimum atomic E-state index is 0.0645. The van der Waals surface area contributed by atoms with Crippen molar-refractivity contribution in [3.8, 4) is 0 Å². The number of hydrogen-bond acceptors (Lipinski definition) is 2. The Bertz CT molecular complexity index is 628. The molecule has 4 aliphatic carbocycles. The first kappa shape index (κ1) is 15.4. The van der Waals surface area contributed by atoms with Crippen LogP contribution in [-0.4, -0.2) is 11.6 Å². The zero-order valence-electron chi connectivity index (χ0n) is 14.6. The van der Waals surface area contributed by atoms with E-state index in [-0.39, 0.29) is 16.7 Å². The van der Waals surface area contributed by atoms with Crippen molar-refractivity contribution in [2.24, 2.45) is 34.5 Å². The maximum absolute atomic E-state index is 12.1. The second-order valence-corrected chi connectivity index (χ2v) is 8.85. The number of fused-ring (bicyclic) bond motifs is 5. The Kier molecular flexibility index (Phi) is 3.28. The highest BCUT2D eigenvalue weighted by Gasteiger charge is 2.57. The van der Waals surface area contributed by atoms with Crippen LogP contribution in [0.2, 0.25) is 0 Å². The van der Waals surface area contributed by atoms with Gasteiger partial charge in [-0.25, -0.2) is 0 Å². The van der Waals surface area contributed by atoms with E-state index in [2.05, 4.69) is 26.0 Å². The van der Waals surface area contributed by atoms with Crippen LogP contribution in [0.15, 0.2) is 23.8 Å². The minimum Gasteiger partial charge on any atom is -0.300 e. The molecule has 0 aliphatic heterocycles. The summed E-state index contributed by atoms with van der Waals surface area (Å²) in [6.45, 7) is 6.47. The van der Waals surface area contributed by atoms with E-state index in [1.807, 2.05) is 6.08 Å². The number of ketones is 2. The lowest BCUT2D eigenvalue weighted by Crippen LogP contribution is -2.48. The molecule has 0 radical (unpaired) electrons. The van der Waals surface area contributed by atoms with Crippen LogP contribution in [0.25, 0.3) is 0 Å². The molecular formula is C21H28O2. The second-order valence-electron chi connectivity index (χ2n) is 8.85. The average molecular weight is 312 g/mol. The van der Waals surface area contributed by atoms with Crippen LogP contribution in [-0.2, 0) is 9.59 Å².